The summed E-state index contributed by atoms with van der Waals surface area (Å²) < 4.78 is 0.936. The molecular formula is C16H10BrClN2O. The number of benzene rings is 2. The van der Waals surface area contributed by atoms with Gasteiger partial charge in [0.2, 0.25) is 5.78 Å². The van der Waals surface area contributed by atoms with Gasteiger partial charge in [-0.2, -0.15) is 5.10 Å². The number of hydrogen-bond acceptors (Lipinski definition) is 2. The van der Waals surface area contributed by atoms with E-state index >= 15 is 0 Å². The standard InChI is InChI=1S/C16H10BrClN2O/c17-12-5-1-11(2-6-12)16(21)15-9-14(19-20-15)10-3-7-13(18)8-4-10/h1-9H,(H,19,20). The Bertz CT molecular complexity index is 779. The molecular weight excluding hydrogens is 352 g/mol. The van der Waals surface area contributed by atoms with Crippen molar-refractivity contribution in [3.05, 3.63) is 75.4 Å². The molecule has 21 heavy (non-hydrogen) atoms. The molecule has 104 valence electrons. The maximum atomic E-state index is 12.3. The number of aromatic amines is 1. The highest BCUT2D eigenvalue weighted by molar-refractivity contribution is 9.10. The fourth-order valence-electron chi connectivity index (χ4n) is 1.96. The zero-order chi connectivity index (χ0) is 14.8. The number of ketones is 1. The van der Waals surface area contributed by atoms with Crippen molar-refractivity contribution in [3.63, 3.8) is 0 Å². The zero-order valence-corrected chi connectivity index (χ0v) is 13.1. The average Bonchev–Trinajstić information content (AvgIpc) is 2.98. The van der Waals surface area contributed by atoms with Gasteiger partial charge in [0.1, 0.15) is 5.69 Å². The van der Waals surface area contributed by atoms with Crippen LogP contribution in [0.25, 0.3) is 11.3 Å². The predicted molar refractivity (Wildman–Crippen MR) is 86.6 cm³/mol. The molecule has 0 aliphatic rings. The van der Waals surface area contributed by atoms with Crippen LogP contribution in [-0.2, 0) is 0 Å². The van der Waals surface area contributed by atoms with Gasteiger partial charge in [0.15, 0.2) is 0 Å². The van der Waals surface area contributed by atoms with Crippen LogP contribution < -0.4 is 0 Å². The van der Waals surface area contributed by atoms with Crippen LogP contribution in [0.3, 0.4) is 0 Å². The molecule has 0 fully saturated rings. The quantitative estimate of drug-likeness (QED) is 0.686. The normalized spacial score (nSPS) is 10.6. The number of nitrogens with zero attached hydrogens (tertiary/aromatic N) is 1. The fraction of sp³-hybridized carbons (Fsp3) is 0. The van der Waals surface area contributed by atoms with Crippen LogP contribution in [0.5, 0.6) is 0 Å². The average molecular weight is 362 g/mol. The van der Waals surface area contributed by atoms with E-state index in [1.165, 1.54) is 0 Å². The number of carbonyl (C=O) groups is 1. The Balaban J connectivity index is 1.89. The van der Waals surface area contributed by atoms with Gasteiger partial charge in [-0.3, -0.25) is 9.89 Å². The Hall–Kier alpha value is -1.91. The number of H-pyrrole nitrogens is 1. The van der Waals surface area contributed by atoms with Crippen molar-refractivity contribution in [3.8, 4) is 11.3 Å². The number of halogens is 2. The zero-order valence-electron chi connectivity index (χ0n) is 10.8. The molecule has 0 atom stereocenters. The molecule has 0 radical (unpaired) electrons. The smallest absolute Gasteiger partial charge is 0.210 e. The first-order valence-corrected chi connectivity index (χ1v) is 7.42. The van der Waals surface area contributed by atoms with E-state index in [0.29, 0.717) is 22.0 Å². The van der Waals surface area contributed by atoms with Crippen molar-refractivity contribution in [2.24, 2.45) is 0 Å². The largest absolute Gasteiger partial charge is 0.287 e. The minimum atomic E-state index is -0.0878. The molecule has 0 saturated heterocycles. The lowest BCUT2D eigenvalue weighted by atomic mass is 10.1. The molecule has 3 nitrogen and oxygen atoms in total. The predicted octanol–water partition coefficient (Wildman–Crippen LogP) is 4.72. The molecule has 0 amide bonds. The van der Waals surface area contributed by atoms with Gasteiger partial charge in [-0.05, 0) is 42.5 Å². The second-order valence-corrected chi connectivity index (χ2v) is 5.86. The first-order valence-electron chi connectivity index (χ1n) is 6.25. The van der Waals surface area contributed by atoms with Crippen LogP contribution in [0, 0.1) is 0 Å². The minimum absolute atomic E-state index is 0.0878. The molecule has 0 aliphatic heterocycles. The van der Waals surface area contributed by atoms with Crippen molar-refractivity contribution in [1.29, 1.82) is 0 Å². The van der Waals surface area contributed by atoms with E-state index in [4.69, 9.17) is 11.6 Å². The maximum absolute atomic E-state index is 12.3. The van der Waals surface area contributed by atoms with Crippen LogP contribution in [0.1, 0.15) is 16.1 Å². The molecule has 2 aromatic carbocycles. The third-order valence-electron chi connectivity index (χ3n) is 3.07. The topological polar surface area (TPSA) is 45.8 Å². The van der Waals surface area contributed by atoms with Crippen molar-refractivity contribution in [2.45, 2.75) is 0 Å². The SMILES string of the molecule is O=C(c1ccc(Br)cc1)c1cc(-c2ccc(Cl)cc2)n[nH]1. The van der Waals surface area contributed by atoms with Gasteiger partial charge in [0.25, 0.3) is 0 Å². The summed E-state index contributed by atoms with van der Waals surface area (Å²) in [7, 11) is 0. The number of rotatable bonds is 3. The Kier molecular flexibility index (Phi) is 3.90. The van der Waals surface area contributed by atoms with E-state index in [9.17, 15) is 4.79 Å². The lowest BCUT2D eigenvalue weighted by Crippen LogP contribution is -2.01. The van der Waals surface area contributed by atoms with Crippen LogP contribution in [0.2, 0.25) is 5.02 Å². The second-order valence-electron chi connectivity index (χ2n) is 4.51. The molecule has 0 spiro atoms. The fourth-order valence-corrected chi connectivity index (χ4v) is 2.35. The molecule has 1 heterocycles. The Morgan fingerprint density at radius 1 is 1.05 bits per heavy atom. The highest BCUT2D eigenvalue weighted by Gasteiger charge is 2.13. The Morgan fingerprint density at radius 2 is 1.71 bits per heavy atom. The third kappa shape index (κ3) is 3.06. The van der Waals surface area contributed by atoms with E-state index in [-0.39, 0.29) is 5.78 Å². The van der Waals surface area contributed by atoms with E-state index in [1.54, 1.807) is 30.3 Å². The minimum Gasteiger partial charge on any atom is -0.287 e. The van der Waals surface area contributed by atoms with Gasteiger partial charge in [0.05, 0.1) is 5.69 Å². The molecule has 0 saturated carbocycles. The first kappa shape index (κ1) is 14.0. The highest BCUT2D eigenvalue weighted by Crippen LogP contribution is 2.21. The van der Waals surface area contributed by atoms with E-state index in [2.05, 4.69) is 26.1 Å². The molecule has 0 aliphatic carbocycles. The molecule has 0 unspecified atom stereocenters. The molecule has 5 heteroatoms. The van der Waals surface area contributed by atoms with Crippen LogP contribution in [0.4, 0.5) is 0 Å². The van der Waals surface area contributed by atoms with Crippen molar-refractivity contribution < 1.29 is 4.79 Å². The summed E-state index contributed by atoms with van der Waals surface area (Å²) in [4.78, 5) is 12.3. The molecule has 1 N–H and O–H groups in total. The van der Waals surface area contributed by atoms with Crippen molar-refractivity contribution in [1.82, 2.24) is 10.2 Å². The van der Waals surface area contributed by atoms with Gasteiger partial charge in [0, 0.05) is 20.6 Å². The Morgan fingerprint density at radius 3 is 2.38 bits per heavy atom. The summed E-state index contributed by atoms with van der Waals surface area (Å²) in [5, 5.41) is 7.64. The summed E-state index contributed by atoms with van der Waals surface area (Å²) in [5.74, 6) is -0.0878. The van der Waals surface area contributed by atoms with E-state index in [1.807, 2.05) is 24.3 Å². The van der Waals surface area contributed by atoms with Gasteiger partial charge in [-0.1, -0.05) is 39.7 Å². The van der Waals surface area contributed by atoms with Gasteiger partial charge in [-0.15, -0.1) is 0 Å². The van der Waals surface area contributed by atoms with Crippen LogP contribution in [-0.4, -0.2) is 16.0 Å². The monoisotopic (exact) mass is 360 g/mol. The highest BCUT2D eigenvalue weighted by atomic mass is 79.9. The van der Waals surface area contributed by atoms with Crippen LogP contribution in [0.15, 0.2) is 59.1 Å². The van der Waals surface area contributed by atoms with Gasteiger partial charge >= 0.3 is 0 Å². The summed E-state index contributed by atoms with van der Waals surface area (Å²) in [6.07, 6.45) is 0. The maximum Gasteiger partial charge on any atom is 0.210 e. The summed E-state index contributed by atoms with van der Waals surface area (Å²) in [6.45, 7) is 0. The summed E-state index contributed by atoms with van der Waals surface area (Å²) in [6, 6.07) is 16.3. The number of nitrogens with one attached hydrogen (secondary N) is 1. The lowest BCUT2D eigenvalue weighted by molar-refractivity contribution is 0.103. The van der Waals surface area contributed by atoms with Crippen LogP contribution >= 0.6 is 27.5 Å². The van der Waals surface area contributed by atoms with Crippen molar-refractivity contribution >= 4 is 33.3 Å². The Labute approximate surface area is 135 Å². The summed E-state index contributed by atoms with van der Waals surface area (Å²) >= 11 is 9.21. The van der Waals surface area contributed by atoms with Gasteiger partial charge in [-0.25, -0.2) is 0 Å². The van der Waals surface area contributed by atoms with Crippen molar-refractivity contribution in [2.75, 3.05) is 0 Å². The lowest BCUT2D eigenvalue weighted by Gasteiger charge is -1.98. The number of aromatic nitrogens is 2. The number of hydrogen-bond donors (Lipinski definition) is 1. The van der Waals surface area contributed by atoms with E-state index in [0.717, 1.165) is 10.0 Å². The molecule has 3 rings (SSSR count). The first-order chi connectivity index (χ1) is 10.1. The van der Waals surface area contributed by atoms with E-state index < -0.39 is 0 Å². The molecule has 3 aromatic rings. The summed E-state index contributed by atoms with van der Waals surface area (Å²) in [5.41, 5.74) is 2.70. The van der Waals surface area contributed by atoms with Gasteiger partial charge < -0.3 is 0 Å². The third-order valence-corrected chi connectivity index (χ3v) is 3.85. The number of carbonyl (C=O) groups excluding carboxylic acids is 1. The molecule has 1 aromatic heterocycles. The molecule has 0 bridgehead atoms. The second kappa shape index (κ2) is 5.84.